The van der Waals surface area contributed by atoms with Gasteiger partial charge >= 0.3 is 6.03 Å². The molecule has 2 N–H and O–H groups in total. The minimum Gasteiger partial charge on any atom is -0.337 e. The lowest BCUT2D eigenvalue weighted by Crippen LogP contribution is -2.61. The first-order chi connectivity index (χ1) is 15.8. The summed E-state index contributed by atoms with van der Waals surface area (Å²) in [5, 5.41) is 5.39. The normalized spacial score (nSPS) is 21.3. The summed E-state index contributed by atoms with van der Waals surface area (Å²) < 4.78 is 13.4. The van der Waals surface area contributed by atoms with Crippen molar-refractivity contribution in [3.05, 3.63) is 30.1 Å². The lowest BCUT2D eigenvalue weighted by atomic mass is 9.87. The fourth-order valence-electron chi connectivity index (χ4n) is 4.82. The Kier molecular flexibility index (Phi) is 8.69. The van der Waals surface area contributed by atoms with Gasteiger partial charge in [-0.3, -0.25) is 9.59 Å². The van der Waals surface area contributed by atoms with Crippen LogP contribution in [0.25, 0.3) is 0 Å². The molecule has 1 aromatic carbocycles. The molecule has 2 fully saturated rings. The van der Waals surface area contributed by atoms with E-state index in [1.165, 1.54) is 24.6 Å². The molecule has 4 amide bonds. The Morgan fingerprint density at radius 1 is 1.15 bits per heavy atom. The zero-order valence-electron chi connectivity index (χ0n) is 20.0. The first-order valence-corrected chi connectivity index (χ1v) is 12.2. The van der Waals surface area contributed by atoms with Crippen LogP contribution in [-0.2, 0) is 9.59 Å². The maximum absolute atomic E-state index is 13.4. The van der Waals surface area contributed by atoms with Gasteiger partial charge in [0.2, 0.25) is 11.8 Å². The first-order valence-electron chi connectivity index (χ1n) is 12.2. The highest BCUT2D eigenvalue weighted by Gasteiger charge is 2.37. The number of carbonyl (C=O) groups is 3. The number of piperazine rings is 1. The van der Waals surface area contributed by atoms with Gasteiger partial charge in [0.25, 0.3) is 0 Å². The molecule has 3 atom stereocenters. The summed E-state index contributed by atoms with van der Waals surface area (Å²) in [6.07, 6.45) is 6.08. The molecular weight excluding hydrogens is 423 g/mol. The Bertz CT molecular complexity index is 843. The van der Waals surface area contributed by atoms with Crippen molar-refractivity contribution >= 4 is 23.5 Å². The third-order valence-corrected chi connectivity index (χ3v) is 7.02. The van der Waals surface area contributed by atoms with E-state index in [-0.39, 0.29) is 29.7 Å². The topological polar surface area (TPSA) is 81.8 Å². The molecule has 0 spiro atoms. The first kappa shape index (κ1) is 25.0. The average Bonchev–Trinajstić information content (AvgIpc) is 2.81. The van der Waals surface area contributed by atoms with Crippen LogP contribution in [0.3, 0.4) is 0 Å². The van der Waals surface area contributed by atoms with E-state index in [1.54, 1.807) is 11.0 Å². The van der Waals surface area contributed by atoms with Crippen LogP contribution in [0.15, 0.2) is 24.3 Å². The predicted octanol–water partition coefficient (Wildman–Crippen LogP) is 4.00. The second kappa shape index (κ2) is 11.5. The van der Waals surface area contributed by atoms with Crippen LogP contribution < -0.4 is 10.6 Å². The van der Waals surface area contributed by atoms with Gasteiger partial charge in [0.15, 0.2) is 0 Å². The quantitative estimate of drug-likeness (QED) is 0.673. The minimum atomic E-state index is -0.698. The molecule has 0 aromatic heterocycles. The average molecular weight is 461 g/mol. The largest absolute Gasteiger partial charge is 0.337 e. The third-order valence-electron chi connectivity index (χ3n) is 7.02. The number of nitrogens with one attached hydrogen (secondary N) is 2. The molecular formula is C25H37FN4O3. The molecule has 3 unspecified atom stereocenters. The van der Waals surface area contributed by atoms with Crippen molar-refractivity contribution in [2.45, 2.75) is 71.4 Å². The van der Waals surface area contributed by atoms with E-state index in [4.69, 9.17) is 0 Å². The molecule has 1 aromatic rings. The number of hydrogen-bond acceptors (Lipinski definition) is 3. The number of nitrogens with zero attached hydrogens (tertiary/aromatic N) is 2. The van der Waals surface area contributed by atoms with Crippen molar-refractivity contribution in [3.63, 3.8) is 0 Å². The summed E-state index contributed by atoms with van der Waals surface area (Å²) in [5.74, 6) is -0.329. The zero-order valence-corrected chi connectivity index (χ0v) is 20.0. The van der Waals surface area contributed by atoms with Crippen molar-refractivity contribution in [2.75, 3.05) is 25.0 Å². The number of amides is 4. The number of hydrogen-bond donors (Lipinski definition) is 2. The van der Waals surface area contributed by atoms with Crippen LogP contribution >= 0.6 is 0 Å². The van der Waals surface area contributed by atoms with Crippen molar-refractivity contribution in [3.8, 4) is 0 Å². The predicted molar refractivity (Wildman–Crippen MR) is 126 cm³/mol. The molecule has 1 heterocycles. The minimum absolute atomic E-state index is 0.0594. The second-order valence-corrected chi connectivity index (χ2v) is 9.47. The lowest BCUT2D eigenvalue weighted by molar-refractivity contribution is -0.147. The second-order valence-electron chi connectivity index (χ2n) is 9.47. The van der Waals surface area contributed by atoms with Gasteiger partial charge in [0.05, 0.1) is 0 Å². The molecule has 8 heteroatoms. The molecule has 33 heavy (non-hydrogen) atoms. The zero-order chi connectivity index (χ0) is 24.0. The standard InChI is InChI=1S/C25H37FN4O3/c1-4-17(2)22(28-25(33)27-21-12-8-11-20(26)15-21)24(32)29-13-14-30(18(3)16-29)23(31)19-9-6-5-7-10-19/h8,11-12,15,17-19,22H,4-7,9-10,13-14,16H2,1-3H3,(H2,27,28,33). The van der Waals surface area contributed by atoms with E-state index in [2.05, 4.69) is 10.6 Å². The van der Waals surface area contributed by atoms with Crippen molar-refractivity contribution in [2.24, 2.45) is 11.8 Å². The number of anilines is 1. The SMILES string of the molecule is CCC(C)C(NC(=O)Nc1cccc(F)c1)C(=O)N1CCN(C(=O)C2CCCCC2)C(C)C1. The molecule has 182 valence electrons. The van der Waals surface area contributed by atoms with Gasteiger partial charge in [0, 0.05) is 37.3 Å². The van der Waals surface area contributed by atoms with Crippen LogP contribution in [0.4, 0.5) is 14.9 Å². The number of rotatable bonds is 6. The Hall–Kier alpha value is -2.64. The van der Waals surface area contributed by atoms with Gasteiger partial charge in [-0.1, -0.05) is 45.6 Å². The maximum atomic E-state index is 13.4. The number of halogens is 1. The molecule has 1 aliphatic heterocycles. The monoisotopic (exact) mass is 460 g/mol. The highest BCUT2D eigenvalue weighted by atomic mass is 19.1. The summed E-state index contributed by atoms with van der Waals surface area (Å²) in [6.45, 7) is 7.32. The molecule has 0 bridgehead atoms. The van der Waals surface area contributed by atoms with Crippen LogP contribution in [-0.4, -0.2) is 59.4 Å². The third kappa shape index (κ3) is 6.45. The van der Waals surface area contributed by atoms with Gasteiger partial charge in [-0.05, 0) is 43.9 Å². The summed E-state index contributed by atoms with van der Waals surface area (Å²) in [5.41, 5.74) is 0.325. The Morgan fingerprint density at radius 3 is 2.52 bits per heavy atom. The summed E-state index contributed by atoms with van der Waals surface area (Å²) in [6, 6.07) is 4.33. The summed E-state index contributed by atoms with van der Waals surface area (Å²) in [7, 11) is 0. The van der Waals surface area contributed by atoms with Crippen LogP contribution in [0.2, 0.25) is 0 Å². The highest BCUT2D eigenvalue weighted by Crippen LogP contribution is 2.27. The fraction of sp³-hybridized carbons (Fsp3) is 0.640. The Balaban J connectivity index is 1.61. The van der Waals surface area contributed by atoms with Crippen molar-refractivity contribution < 1.29 is 18.8 Å². The van der Waals surface area contributed by atoms with Crippen LogP contribution in [0.5, 0.6) is 0 Å². The van der Waals surface area contributed by atoms with Gasteiger partial charge in [-0.15, -0.1) is 0 Å². The van der Waals surface area contributed by atoms with Crippen molar-refractivity contribution in [1.29, 1.82) is 0 Å². The summed E-state index contributed by atoms with van der Waals surface area (Å²) in [4.78, 5) is 42.6. The number of carbonyl (C=O) groups excluding carboxylic acids is 3. The Labute approximate surface area is 196 Å². The van der Waals surface area contributed by atoms with Gasteiger partial charge < -0.3 is 20.4 Å². The van der Waals surface area contributed by atoms with Gasteiger partial charge in [-0.25, -0.2) is 9.18 Å². The molecule has 1 saturated heterocycles. The van der Waals surface area contributed by atoms with Crippen molar-refractivity contribution in [1.82, 2.24) is 15.1 Å². The molecule has 1 aliphatic carbocycles. The number of urea groups is 1. The van der Waals surface area contributed by atoms with E-state index >= 15 is 0 Å². The smallest absolute Gasteiger partial charge is 0.319 e. The maximum Gasteiger partial charge on any atom is 0.319 e. The lowest BCUT2D eigenvalue weighted by Gasteiger charge is -2.43. The fourth-order valence-corrected chi connectivity index (χ4v) is 4.82. The molecule has 0 radical (unpaired) electrons. The molecule has 3 rings (SSSR count). The molecule has 2 aliphatic rings. The van der Waals surface area contributed by atoms with E-state index < -0.39 is 17.9 Å². The van der Waals surface area contributed by atoms with Crippen LogP contribution in [0.1, 0.15) is 59.3 Å². The van der Waals surface area contributed by atoms with E-state index in [0.29, 0.717) is 31.7 Å². The number of benzene rings is 1. The van der Waals surface area contributed by atoms with Gasteiger partial charge in [0.1, 0.15) is 11.9 Å². The van der Waals surface area contributed by atoms with E-state index in [0.717, 1.165) is 25.7 Å². The Morgan fingerprint density at radius 2 is 1.88 bits per heavy atom. The van der Waals surface area contributed by atoms with E-state index in [9.17, 15) is 18.8 Å². The van der Waals surface area contributed by atoms with E-state index in [1.807, 2.05) is 25.7 Å². The van der Waals surface area contributed by atoms with Gasteiger partial charge in [-0.2, -0.15) is 0 Å². The molecule has 7 nitrogen and oxygen atoms in total. The summed E-state index contributed by atoms with van der Waals surface area (Å²) >= 11 is 0. The highest BCUT2D eigenvalue weighted by molar-refractivity contribution is 5.94. The van der Waals surface area contributed by atoms with Crippen LogP contribution in [0, 0.1) is 17.7 Å². The molecule has 1 saturated carbocycles.